The normalized spacial score (nSPS) is 27.5. The summed E-state index contributed by atoms with van der Waals surface area (Å²) in [5.74, 6) is 3.21. The summed E-state index contributed by atoms with van der Waals surface area (Å²) in [7, 11) is 1.65. The smallest absolute Gasteiger partial charge is 0.130 e. The Labute approximate surface area is 105 Å². The molecule has 2 nitrogen and oxygen atoms in total. The predicted octanol–water partition coefficient (Wildman–Crippen LogP) is 2.80. The van der Waals surface area contributed by atoms with Gasteiger partial charge in [-0.3, -0.25) is 0 Å². The number of alkyl halides is 1. The molecule has 3 atom stereocenters. The highest BCUT2D eigenvalue weighted by Gasteiger charge is 2.23. The minimum Gasteiger partial charge on any atom is -0.376 e. The molecule has 0 heterocycles. The van der Waals surface area contributed by atoms with E-state index in [1.807, 2.05) is 12.0 Å². The van der Waals surface area contributed by atoms with Gasteiger partial charge >= 0.3 is 0 Å². The van der Waals surface area contributed by atoms with Gasteiger partial charge in [-0.15, -0.1) is 0 Å². The Balaban J connectivity index is 2.62. The van der Waals surface area contributed by atoms with Gasteiger partial charge < -0.3 is 4.74 Å². The van der Waals surface area contributed by atoms with E-state index in [-0.39, 0.29) is 6.10 Å². The first kappa shape index (κ1) is 12.9. The molecule has 15 heavy (non-hydrogen) atoms. The highest BCUT2D eigenvalue weighted by Crippen LogP contribution is 2.28. The van der Waals surface area contributed by atoms with E-state index in [9.17, 15) is 4.79 Å². The molecule has 3 heteroatoms. The number of allylic oxidation sites excluding steroid dienone is 1. The van der Waals surface area contributed by atoms with Crippen LogP contribution in [-0.2, 0) is 9.53 Å². The molecule has 0 radical (unpaired) electrons. The monoisotopic (exact) mass is 320 g/mol. The van der Waals surface area contributed by atoms with E-state index in [4.69, 9.17) is 4.74 Å². The Hall–Kier alpha value is -0.120. The number of ether oxygens (including phenoxy) is 1. The molecular formula is C12H17IO2. The van der Waals surface area contributed by atoms with Crippen LogP contribution in [0, 0.1) is 11.8 Å². The number of hydrogen-bond acceptors (Lipinski definition) is 2. The van der Waals surface area contributed by atoms with Crippen molar-refractivity contribution in [3.05, 3.63) is 17.7 Å². The van der Waals surface area contributed by atoms with Crippen molar-refractivity contribution in [1.29, 1.82) is 0 Å². The topological polar surface area (TPSA) is 26.3 Å². The second-order valence-corrected chi connectivity index (χ2v) is 5.01. The number of halogens is 1. The summed E-state index contributed by atoms with van der Waals surface area (Å²) in [6, 6.07) is 0. The van der Waals surface area contributed by atoms with Gasteiger partial charge in [-0.2, -0.15) is 0 Å². The molecule has 0 aromatic heterocycles. The zero-order chi connectivity index (χ0) is 11.3. The third-order valence-electron chi connectivity index (χ3n) is 2.78. The molecule has 0 saturated carbocycles. The van der Waals surface area contributed by atoms with Gasteiger partial charge in [-0.05, 0) is 30.8 Å². The van der Waals surface area contributed by atoms with Crippen LogP contribution in [0.3, 0.4) is 0 Å². The number of hydrogen-bond donors (Lipinski definition) is 0. The van der Waals surface area contributed by atoms with Gasteiger partial charge in [0.2, 0.25) is 0 Å². The molecule has 2 unspecified atom stereocenters. The van der Waals surface area contributed by atoms with Gasteiger partial charge in [0.15, 0.2) is 0 Å². The number of carbonyl (C=O) groups excluding carboxylic acids is 1. The molecular weight excluding hydrogens is 303 g/mol. The van der Waals surface area contributed by atoms with E-state index in [1.165, 1.54) is 10.8 Å². The van der Waals surface area contributed by atoms with E-state index in [0.717, 1.165) is 12.3 Å². The van der Waals surface area contributed by atoms with Gasteiger partial charge in [0, 0.05) is 11.5 Å². The molecule has 0 N–H and O–H groups in total. The van der Waals surface area contributed by atoms with E-state index >= 15 is 0 Å². The van der Waals surface area contributed by atoms with Crippen LogP contribution in [0.4, 0.5) is 0 Å². The van der Waals surface area contributed by atoms with Gasteiger partial charge in [0.05, 0.1) is 11.7 Å². The molecule has 1 aliphatic rings. The maximum Gasteiger partial charge on any atom is 0.130 e. The van der Waals surface area contributed by atoms with Crippen LogP contribution in [-0.4, -0.2) is 23.6 Å². The standard InChI is InChI=1S/C12H17IO2/c1-9(7-13)5-10-3-4-11(8-14)12(6-10)15-2/h3-4,9-10,12H,5-7H2,1-2H3/t9-,10?,12?/m0/s1. The summed E-state index contributed by atoms with van der Waals surface area (Å²) < 4.78 is 6.46. The first-order chi connectivity index (χ1) is 7.21. The fraction of sp³-hybridized carbons (Fsp3) is 0.667. The van der Waals surface area contributed by atoms with Gasteiger partial charge in [-0.1, -0.05) is 35.6 Å². The van der Waals surface area contributed by atoms with Crippen LogP contribution in [0.15, 0.2) is 17.7 Å². The van der Waals surface area contributed by atoms with Crippen LogP contribution in [0.5, 0.6) is 0 Å². The summed E-state index contributed by atoms with van der Waals surface area (Å²) in [6.45, 7) is 2.26. The second-order valence-electron chi connectivity index (χ2n) is 4.13. The van der Waals surface area contributed by atoms with E-state index < -0.39 is 0 Å². The molecule has 1 rings (SSSR count). The molecule has 0 amide bonds. The molecule has 84 valence electrons. The van der Waals surface area contributed by atoms with Crippen molar-refractivity contribution in [2.75, 3.05) is 11.5 Å². The molecule has 0 bridgehead atoms. The molecule has 1 aliphatic carbocycles. The molecule has 0 fully saturated rings. The maximum absolute atomic E-state index is 10.6. The van der Waals surface area contributed by atoms with Crippen molar-refractivity contribution in [1.82, 2.24) is 0 Å². The zero-order valence-corrected chi connectivity index (χ0v) is 11.4. The van der Waals surface area contributed by atoms with Crippen molar-refractivity contribution < 1.29 is 9.53 Å². The molecule has 0 aromatic rings. The number of methoxy groups -OCH3 is 1. The Kier molecular flexibility index (Phi) is 5.58. The summed E-state index contributed by atoms with van der Waals surface area (Å²) >= 11 is 2.41. The lowest BCUT2D eigenvalue weighted by atomic mass is 9.85. The van der Waals surface area contributed by atoms with E-state index in [2.05, 4.69) is 35.6 Å². The van der Waals surface area contributed by atoms with Crippen LogP contribution in [0.2, 0.25) is 0 Å². The van der Waals surface area contributed by atoms with E-state index in [1.54, 1.807) is 7.11 Å². The molecule has 0 spiro atoms. The predicted molar refractivity (Wildman–Crippen MR) is 69.9 cm³/mol. The Morgan fingerprint density at radius 3 is 3.00 bits per heavy atom. The summed E-state index contributed by atoms with van der Waals surface area (Å²) in [6.07, 6.45) is 6.02. The highest BCUT2D eigenvalue weighted by atomic mass is 127. The lowest BCUT2D eigenvalue weighted by Crippen LogP contribution is -2.22. The fourth-order valence-electron chi connectivity index (χ4n) is 1.91. The zero-order valence-electron chi connectivity index (χ0n) is 9.20. The van der Waals surface area contributed by atoms with Crippen LogP contribution >= 0.6 is 22.6 Å². The Morgan fingerprint density at radius 1 is 1.73 bits per heavy atom. The molecule has 0 aromatic carbocycles. The lowest BCUT2D eigenvalue weighted by molar-refractivity contribution is 0.111. The average Bonchev–Trinajstić information content (AvgIpc) is 2.28. The third kappa shape index (κ3) is 3.74. The summed E-state index contributed by atoms with van der Waals surface area (Å²) in [5, 5.41) is 0. The van der Waals surface area contributed by atoms with Crippen molar-refractivity contribution in [2.45, 2.75) is 25.9 Å². The van der Waals surface area contributed by atoms with Gasteiger partial charge in [-0.25, -0.2) is 4.79 Å². The van der Waals surface area contributed by atoms with Crippen LogP contribution in [0.25, 0.3) is 0 Å². The summed E-state index contributed by atoms with van der Waals surface area (Å²) in [5.41, 5.74) is 0.649. The minimum absolute atomic E-state index is 0.0566. The van der Waals surface area contributed by atoms with Gasteiger partial charge in [0.1, 0.15) is 5.94 Å². The lowest BCUT2D eigenvalue weighted by Gasteiger charge is -2.25. The SMILES string of the molecule is COC1CC(C[C@H](C)CI)C=CC1=C=O. The van der Waals surface area contributed by atoms with Crippen LogP contribution in [0.1, 0.15) is 19.8 Å². The van der Waals surface area contributed by atoms with Crippen molar-refractivity contribution in [2.24, 2.45) is 11.8 Å². The largest absolute Gasteiger partial charge is 0.376 e. The Bertz CT molecular complexity index is 279. The van der Waals surface area contributed by atoms with E-state index in [0.29, 0.717) is 11.5 Å². The molecule has 0 aliphatic heterocycles. The van der Waals surface area contributed by atoms with Crippen molar-refractivity contribution in [3.8, 4) is 0 Å². The Morgan fingerprint density at radius 2 is 2.47 bits per heavy atom. The maximum atomic E-state index is 10.6. The fourth-order valence-corrected chi connectivity index (χ4v) is 2.26. The first-order valence-corrected chi connectivity index (χ1v) is 6.75. The number of rotatable bonds is 4. The molecule has 0 saturated heterocycles. The van der Waals surface area contributed by atoms with Crippen molar-refractivity contribution in [3.63, 3.8) is 0 Å². The third-order valence-corrected chi connectivity index (χ3v) is 4.29. The highest BCUT2D eigenvalue weighted by molar-refractivity contribution is 14.1. The minimum atomic E-state index is -0.0566. The quantitative estimate of drug-likeness (QED) is 0.452. The second kappa shape index (κ2) is 6.46. The summed E-state index contributed by atoms with van der Waals surface area (Å²) in [4.78, 5) is 10.6. The van der Waals surface area contributed by atoms with Gasteiger partial charge in [0.25, 0.3) is 0 Å². The van der Waals surface area contributed by atoms with Crippen LogP contribution < -0.4 is 0 Å². The van der Waals surface area contributed by atoms with Crippen molar-refractivity contribution >= 4 is 28.5 Å². The average molecular weight is 320 g/mol. The first-order valence-electron chi connectivity index (χ1n) is 5.23.